The Balaban J connectivity index is 1.24. The highest BCUT2D eigenvalue weighted by molar-refractivity contribution is 6.30. The number of allylic oxidation sites excluding steroid dienone is 1. The molecule has 0 aliphatic rings. The predicted molar refractivity (Wildman–Crippen MR) is 123 cm³/mol. The molecule has 0 unspecified atom stereocenters. The summed E-state index contributed by atoms with van der Waals surface area (Å²) in [4.78, 5) is 7.78. The van der Waals surface area contributed by atoms with Crippen LogP contribution in [0.5, 0.6) is 5.75 Å². The van der Waals surface area contributed by atoms with Crippen LogP contribution in [0.2, 0.25) is 5.02 Å². The van der Waals surface area contributed by atoms with Gasteiger partial charge in [0.1, 0.15) is 18.1 Å². The number of aryl methyl sites for hydroxylation is 1. The van der Waals surface area contributed by atoms with Gasteiger partial charge in [-0.2, -0.15) is 0 Å². The van der Waals surface area contributed by atoms with Gasteiger partial charge in [0.2, 0.25) is 0 Å². The maximum Gasteiger partial charge on any atom is 0.134 e. The van der Waals surface area contributed by atoms with Crippen molar-refractivity contribution < 1.29 is 4.74 Å². The molecule has 0 fully saturated rings. The van der Waals surface area contributed by atoms with Crippen molar-refractivity contribution in [2.45, 2.75) is 20.1 Å². The largest absolute Gasteiger partial charge is 0.487 e. The number of nitrogens with one attached hydrogen (secondary N) is 1. The Hall–Kier alpha value is -3.64. The van der Waals surface area contributed by atoms with E-state index < -0.39 is 0 Å². The van der Waals surface area contributed by atoms with Crippen molar-refractivity contribution in [3.63, 3.8) is 0 Å². The van der Waals surface area contributed by atoms with E-state index in [0.29, 0.717) is 13.2 Å². The van der Waals surface area contributed by atoms with Gasteiger partial charge in [-0.1, -0.05) is 41.1 Å². The van der Waals surface area contributed by atoms with Crippen LogP contribution in [0.4, 0.5) is 0 Å². The minimum Gasteiger partial charge on any atom is -0.487 e. The summed E-state index contributed by atoms with van der Waals surface area (Å²) in [6.45, 7) is 2.99. The molecule has 0 radical (unpaired) electrons. The fraction of sp³-hybridized carbons (Fsp3) is 0.125. The monoisotopic (exact) mass is 429 g/mol. The van der Waals surface area contributed by atoms with Crippen molar-refractivity contribution in [1.82, 2.24) is 25.0 Å². The zero-order valence-electron chi connectivity index (χ0n) is 16.9. The second-order valence-electron chi connectivity index (χ2n) is 7.33. The van der Waals surface area contributed by atoms with Crippen LogP contribution in [0.15, 0.2) is 67.0 Å². The van der Waals surface area contributed by atoms with E-state index >= 15 is 0 Å². The van der Waals surface area contributed by atoms with Gasteiger partial charge in [0, 0.05) is 27.5 Å². The van der Waals surface area contributed by atoms with E-state index in [1.807, 2.05) is 80.0 Å². The molecule has 0 aliphatic carbocycles. The fourth-order valence-corrected chi connectivity index (χ4v) is 3.68. The number of fused-ring (bicyclic) bond motifs is 3. The maximum atomic E-state index is 5.97. The van der Waals surface area contributed by atoms with E-state index in [1.54, 1.807) is 4.68 Å². The summed E-state index contributed by atoms with van der Waals surface area (Å²) in [7, 11) is 0. The minimum absolute atomic E-state index is 0.356. The van der Waals surface area contributed by atoms with Gasteiger partial charge < -0.3 is 9.72 Å². The lowest BCUT2D eigenvalue weighted by Gasteiger charge is -2.04. The number of halogens is 1. The van der Waals surface area contributed by atoms with E-state index in [2.05, 4.69) is 20.3 Å². The number of hydrogen-bond donors (Lipinski definition) is 1. The molecule has 7 heteroatoms. The lowest BCUT2D eigenvalue weighted by atomic mass is 10.1. The predicted octanol–water partition coefficient (Wildman–Crippen LogP) is 5.56. The summed E-state index contributed by atoms with van der Waals surface area (Å²) < 4.78 is 7.75. The van der Waals surface area contributed by atoms with E-state index in [1.165, 1.54) is 0 Å². The number of hydrogen-bond acceptors (Lipinski definition) is 4. The third-order valence-electron chi connectivity index (χ3n) is 5.13. The molecule has 5 aromatic rings. The van der Waals surface area contributed by atoms with Crippen molar-refractivity contribution in [1.29, 1.82) is 0 Å². The molecular weight excluding hydrogens is 410 g/mol. The molecule has 6 nitrogen and oxygen atoms in total. The molecule has 1 N–H and O–H groups in total. The number of pyridine rings is 1. The lowest BCUT2D eigenvalue weighted by Crippen LogP contribution is -1.96. The van der Waals surface area contributed by atoms with Gasteiger partial charge in [-0.15, -0.1) is 5.10 Å². The van der Waals surface area contributed by atoms with Gasteiger partial charge in [0.05, 0.1) is 24.0 Å². The number of ether oxygens (including phenoxy) is 1. The maximum absolute atomic E-state index is 5.97. The standard InChI is InChI=1S/C24H20ClN5O/c1-16-24-21(10-11-26-16)22-13-20(8-9-23(22)27-24)31-15-19-14-30(29-28-19)12-2-3-17-4-6-18(25)7-5-17/h2-11,13-14,27H,12,15H2,1H3/b3-2+. The third kappa shape index (κ3) is 4.15. The molecule has 0 saturated carbocycles. The highest BCUT2D eigenvalue weighted by atomic mass is 35.5. The molecule has 0 atom stereocenters. The van der Waals surface area contributed by atoms with E-state index in [4.69, 9.17) is 16.3 Å². The third-order valence-corrected chi connectivity index (χ3v) is 5.38. The van der Waals surface area contributed by atoms with Gasteiger partial charge >= 0.3 is 0 Å². The number of aromatic amines is 1. The molecule has 0 amide bonds. The summed E-state index contributed by atoms with van der Waals surface area (Å²) in [5.74, 6) is 0.792. The topological polar surface area (TPSA) is 68.6 Å². The van der Waals surface area contributed by atoms with Crippen LogP contribution in [-0.4, -0.2) is 25.0 Å². The number of nitrogens with zero attached hydrogens (tertiary/aromatic N) is 4. The quantitative estimate of drug-likeness (QED) is 0.383. The van der Waals surface area contributed by atoms with Gasteiger partial charge in [-0.05, 0) is 48.9 Å². The smallest absolute Gasteiger partial charge is 0.134 e. The van der Waals surface area contributed by atoms with E-state index in [0.717, 1.165) is 49.5 Å². The van der Waals surface area contributed by atoms with E-state index in [-0.39, 0.29) is 0 Å². The molecule has 3 aromatic heterocycles. The molecule has 3 heterocycles. The molecule has 0 bridgehead atoms. The van der Waals surface area contributed by atoms with E-state index in [9.17, 15) is 0 Å². The second-order valence-corrected chi connectivity index (χ2v) is 7.76. The van der Waals surface area contributed by atoms with Crippen LogP contribution < -0.4 is 4.74 Å². The molecule has 5 rings (SSSR count). The molecular formula is C24H20ClN5O. The molecule has 31 heavy (non-hydrogen) atoms. The second kappa shape index (κ2) is 8.24. The van der Waals surface area contributed by atoms with Crippen LogP contribution in [0.25, 0.3) is 27.9 Å². The molecule has 0 saturated heterocycles. The Morgan fingerprint density at radius 2 is 1.97 bits per heavy atom. The van der Waals surface area contributed by atoms with Crippen LogP contribution in [0, 0.1) is 6.92 Å². The lowest BCUT2D eigenvalue weighted by molar-refractivity contribution is 0.301. The van der Waals surface area contributed by atoms with Gasteiger partial charge in [-0.3, -0.25) is 4.98 Å². The normalized spacial score (nSPS) is 11.7. The summed E-state index contributed by atoms with van der Waals surface area (Å²) in [5, 5.41) is 11.4. The Bertz CT molecular complexity index is 1380. The zero-order chi connectivity index (χ0) is 21.2. The number of rotatable bonds is 6. The Labute approximate surface area is 184 Å². The van der Waals surface area contributed by atoms with Crippen molar-refractivity contribution in [2.75, 3.05) is 0 Å². The number of benzene rings is 2. The first-order valence-corrected chi connectivity index (χ1v) is 10.3. The Morgan fingerprint density at radius 3 is 2.84 bits per heavy atom. The molecule has 0 aliphatic heterocycles. The SMILES string of the molecule is Cc1nccc2c1[nH]c1ccc(OCc3cn(C/C=C/c4ccc(Cl)cc4)nn3)cc12. The van der Waals surface area contributed by atoms with Gasteiger partial charge in [-0.25, -0.2) is 4.68 Å². The highest BCUT2D eigenvalue weighted by Gasteiger charge is 2.08. The van der Waals surface area contributed by atoms with Crippen LogP contribution in [-0.2, 0) is 13.2 Å². The Morgan fingerprint density at radius 1 is 1.10 bits per heavy atom. The van der Waals surface area contributed by atoms with Gasteiger partial charge in [0.15, 0.2) is 0 Å². The molecule has 0 spiro atoms. The summed E-state index contributed by atoms with van der Waals surface area (Å²) >= 11 is 5.91. The first-order chi connectivity index (χ1) is 15.2. The average Bonchev–Trinajstić information content (AvgIpc) is 3.39. The first-order valence-electron chi connectivity index (χ1n) is 9.97. The number of aromatic nitrogens is 5. The summed E-state index contributed by atoms with van der Waals surface area (Å²) in [6.07, 6.45) is 7.79. The zero-order valence-corrected chi connectivity index (χ0v) is 17.7. The fourth-order valence-electron chi connectivity index (χ4n) is 3.55. The number of H-pyrrole nitrogens is 1. The summed E-state index contributed by atoms with van der Waals surface area (Å²) in [5.41, 5.74) is 4.98. The average molecular weight is 430 g/mol. The van der Waals surface area contributed by atoms with Crippen LogP contribution in [0.3, 0.4) is 0 Å². The van der Waals surface area contributed by atoms with Gasteiger partial charge in [0.25, 0.3) is 0 Å². The van der Waals surface area contributed by atoms with Crippen LogP contribution in [0.1, 0.15) is 17.0 Å². The first kappa shape index (κ1) is 19.3. The van der Waals surface area contributed by atoms with Crippen molar-refractivity contribution in [3.05, 3.63) is 89.0 Å². The minimum atomic E-state index is 0.356. The van der Waals surface area contributed by atoms with Crippen molar-refractivity contribution >= 4 is 39.5 Å². The van der Waals surface area contributed by atoms with Crippen molar-refractivity contribution in [3.8, 4) is 5.75 Å². The highest BCUT2D eigenvalue weighted by Crippen LogP contribution is 2.29. The molecule has 2 aromatic carbocycles. The van der Waals surface area contributed by atoms with Crippen molar-refractivity contribution in [2.24, 2.45) is 0 Å². The van der Waals surface area contributed by atoms with Crippen LogP contribution >= 0.6 is 11.6 Å². The summed E-state index contributed by atoms with van der Waals surface area (Å²) in [6, 6.07) is 15.8. The Kier molecular flexibility index (Phi) is 5.14. The molecule has 154 valence electrons.